The molecule has 0 radical (unpaired) electrons. The fourth-order valence-electron chi connectivity index (χ4n) is 2.24. The van der Waals surface area contributed by atoms with Crippen molar-refractivity contribution in [3.05, 3.63) is 46.5 Å². The molecule has 1 heterocycles. The molecule has 0 bridgehead atoms. The number of benzene rings is 1. The summed E-state index contributed by atoms with van der Waals surface area (Å²) in [4.78, 5) is 6.93. The van der Waals surface area contributed by atoms with Crippen LogP contribution in [0.1, 0.15) is 29.7 Å². The van der Waals surface area contributed by atoms with E-state index in [1.54, 1.807) is 11.3 Å². The molecule has 0 amide bonds. The topological polar surface area (TPSA) is 28.2 Å². The SMILES string of the molecule is Cc1cccc(CN(C)c2nc(CNC3CC3)cs2)c1. The standard InChI is InChI=1S/C16H21N3S/c1-12-4-3-5-13(8-12)10-19(2)16-18-15(11-20-16)9-17-14-6-7-14/h3-5,8,11,14,17H,6-7,9-10H2,1-2H3. The molecule has 0 spiro atoms. The Morgan fingerprint density at radius 1 is 1.40 bits per heavy atom. The summed E-state index contributed by atoms with van der Waals surface area (Å²) < 4.78 is 0. The summed E-state index contributed by atoms with van der Waals surface area (Å²) in [6.07, 6.45) is 2.65. The van der Waals surface area contributed by atoms with Crippen LogP contribution in [0.5, 0.6) is 0 Å². The van der Waals surface area contributed by atoms with Crippen LogP contribution < -0.4 is 10.2 Å². The minimum atomic E-state index is 0.741. The molecule has 1 aliphatic carbocycles. The third-order valence-electron chi connectivity index (χ3n) is 3.52. The summed E-state index contributed by atoms with van der Waals surface area (Å²) in [5.41, 5.74) is 3.80. The van der Waals surface area contributed by atoms with Crippen molar-refractivity contribution in [2.24, 2.45) is 0 Å². The van der Waals surface area contributed by atoms with Gasteiger partial charge in [-0.05, 0) is 25.3 Å². The smallest absolute Gasteiger partial charge is 0.185 e. The van der Waals surface area contributed by atoms with Crippen molar-refractivity contribution in [3.63, 3.8) is 0 Å². The molecule has 3 nitrogen and oxygen atoms in total. The molecule has 4 heteroatoms. The largest absolute Gasteiger partial charge is 0.347 e. The second kappa shape index (κ2) is 5.94. The molecule has 0 aliphatic heterocycles. The first-order valence-corrected chi connectivity index (χ1v) is 8.03. The van der Waals surface area contributed by atoms with Gasteiger partial charge in [0.2, 0.25) is 0 Å². The Bertz CT molecular complexity index is 575. The molecule has 1 aromatic carbocycles. The van der Waals surface area contributed by atoms with Crippen LogP contribution in [-0.2, 0) is 13.1 Å². The first kappa shape index (κ1) is 13.6. The van der Waals surface area contributed by atoms with E-state index >= 15 is 0 Å². The first-order valence-electron chi connectivity index (χ1n) is 7.15. The van der Waals surface area contributed by atoms with E-state index in [0.29, 0.717) is 0 Å². The van der Waals surface area contributed by atoms with Gasteiger partial charge in [-0.1, -0.05) is 29.8 Å². The molecule has 1 saturated carbocycles. The highest BCUT2D eigenvalue weighted by molar-refractivity contribution is 7.13. The lowest BCUT2D eigenvalue weighted by atomic mass is 10.1. The van der Waals surface area contributed by atoms with E-state index in [9.17, 15) is 0 Å². The average molecular weight is 287 g/mol. The molecule has 0 unspecified atom stereocenters. The Kier molecular flexibility index (Phi) is 4.03. The van der Waals surface area contributed by atoms with Crippen molar-refractivity contribution < 1.29 is 0 Å². The number of aryl methyl sites for hydroxylation is 1. The quantitative estimate of drug-likeness (QED) is 0.883. The lowest BCUT2D eigenvalue weighted by Gasteiger charge is -2.16. The van der Waals surface area contributed by atoms with E-state index in [-0.39, 0.29) is 0 Å². The molecule has 2 aromatic rings. The van der Waals surface area contributed by atoms with Crippen LogP contribution in [0, 0.1) is 6.92 Å². The highest BCUT2D eigenvalue weighted by Gasteiger charge is 2.20. The normalized spacial score (nSPS) is 14.5. The Balaban J connectivity index is 1.59. The van der Waals surface area contributed by atoms with Gasteiger partial charge in [-0.3, -0.25) is 0 Å². The number of hydrogen-bond acceptors (Lipinski definition) is 4. The van der Waals surface area contributed by atoms with E-state index < -0.39 is 0 Å². The zero-order chi connectivity index (χ0) is 13.9. The second-order valence-electron chi connectivity index (χ2n) is 5.62. The second-order valence-corrected chi connectivity index (χ2v) is 6.46. The summed E-state index contributed by atoms with van der Waals surface area (Å²) in [5, 5.41) is 6.77. The maximum atomic E-state index is 4.71. The van der Waals surface area contributed by atoms with Gasteiger partial charge in [-0.2, -0.15) is 0 Å². The summed E-state index contributed by atoms with van der Waals surface area (Å²) in [6, 6.07) is 9.40. The Morgan fingerprint density at radius 3 is 3.00 bits per heavy atom. The third-order valence-corrected chi connectivity index (χ3v) is 4.52. The highest BCUT2D eigenvalue weighted by atomic mass is 32.1. The van der Waals surface area contributed by atoms with Crippen molar-refractivity contribution in [1.29, 1.82) is 0 Å². The van der Waals surface area contributed by atoms with E-state index in [1.165, 1.54) is 24.0 Å². The Morgan fingerprint density at radius 2 is 2.25 bits per heavy atom. The van der Waals surface area contributed by atoms with Gasteiger partial charge in [-0.15, -0.1) is 11.3 Å². The molecule has 1 N–H and O–H groups in total. The van der Waals surface area contributed by atoms with E-state index in [0.717, 1.165) is 30.0 Å². The monoisotopic (exact) mass is 287 g/mol. The van der Waals surface area contributed by atoms with Crippen LogP contribution in [0.4, 0.5) is 5.13 Å². The van der Waals surface area contributed by atoms with Crippen LogP contribution in [0.25, 0.3) is 0 Å². The van der Waals surface area contributed by atoms with E-state index in [4.69, 9.17) is 4.98 Å². The van der Waals surface area contributed by atoms with Crippen molar-refractivity contribution >= 4 is 16.5 Å². The van der Waals surface area contributed by atoms with Crippen LogP contribution in [0.3, 0.4) is 0 Å². The maximum Gasteiger partial charge on any atom is 0.185 e. The lowest BCUT2D eigenvalue weighted by molar-refractivity contribution is 0.676. The zero-order valence-corrected chi connectivity index (χ0v) is 12.9. The van der Waals surface area contributed by atoms with Gasteiger partial charge in [-0.25, -0.2) is 4.98 Å². The minimum absolute atomic E-state index is 0.741. The highest BCUT2D eigenvalue weighted by Crippen LogP contribution is 2.23. The molecule has 3 rings (SSSR count). The van der Waals surface area contributed by atoms with Gasteiger partial charge in [0.05, 0.1) is 5.69 Å². The first-order chi connectivity index (χ1) is 9.70. The molecular formula is C16H21N3S. The molecule has 1 fully saturated rings. The van der Waals surface area contributed by atoms with Gasteiger partial charge in [0.1, 0.15) is 0 Å². The third kappa shape index (κ3) is 3.58. The van der Waals surface area contributed by atoms with Crippen LogP contribution >= 0.6 is 11.3 Å². The number of hydrogen-bond donors (Lipinski definition) is 1. The van der Waals surface area contributed by atoms with Gasteiger partial charge < -0.3 is 10.2 Å². The predicted octanol–water partition coefficient (Wildman–Crippen LogP) is 3.34. The number of aromatic nitrogens is 1. The molecule has 20 heavy (non-hydrogen) atoms. The van der Waals surface area contributed by atoms with Crippen molar-refractivity contribution in [2.45, 2.75) is 38.9 Å². The van der Waals surface area contributed by atoms with Crippen LogP contribution in [0.2, 0.25) is 0 Å². The Hall–Kier alpha value is -1.39. The fourth-order valence-corrected chi connectivity index (χ4v) is 3.03. The van der Waals surface area contributed by atoms with Crippen molar-refractivity contribution in [2.75, 3.05) is 11.9 Å². The summed E-state index contributed by atoms with van der Waals surface area (Å²) >= 11 is 1.73. The predicted molar refractivity (Wildman–Crippen MR) is 85.3 cm³/mol. The Labute approximate surface area is 124 Å². The molecular weight excluding hydrogens is 266 g/mol. The van der Waals surface area contributed by atoms with Crippen molar-refractivity contribution in [1.82, 2.24) is 10.3 Å². The number of thiazole rings is 1. The van der Waals surface area contributed by atoms with E-state index in [1.807, 2.05) is 0 Å². The number of rotatable bonds is 6. The van der Waals surface area contributed by atoms with Gasteiger partial charge in [0.15, 0.2) is 5.13 Å². The van der Waals surface area contributed by atoms with Gasteiger partial charge in [0, 0.05) is 31.6 Å². The minimum Gasteiger partial charge on any atom is -0.347 e. The average Bonchev–Trinajstić information content (AvgIpc) is 3.13. The number of nitrogens with zero attached hydrogens (tertiary/aromatic N) is 2. The summed E-state index contributed by atoms with van der Waals surface area (Å²) in [7, 11) is 2.11. The molecule has 1 aromatic heterocycles. The zero-order valence-electron chi connectivity index (χ0n) is 12.1. The summed E-state index contributed by atoms with van der Waals surface area (Å²) in [6.45, 7) is 3.94. The van der Waals surface area contributed by atoms with Crippen LogP contribution in [-0.4, -0.2) is 18.1 Å². The van der Waals surface area contributed by atoms with Gasteiger partial charge in [0.25, 0.3) is 0 Å². The number of nitrogens with one attached hydrogen (secondary N) is 1. The van der Waals surface area contributed by atoms with E-state index in [2.05, 4.69) is 53.8 Å². The molecule has 0 atom stereocenters. The van der Waals surface area contributed by atoms with Gasteiger partial charge >= 0.3 is 0 Å². The fraction of sp³-hybridized carbons (Fsp3) is 0.438. The number of anilines is 1. The summed E-state index contributed by atoms with van der Waals surface area (Å²) in [5.74, 6) is 0. The van der Waals surface area contributed by atoms with Crippen LogP contribution in [0.15, 0.2) is 29.6 Å². The lowest BCUT2D eigenvalue weighted by Crippen LogP contribution is -2.17. The van der Waals surface area contributed by atoms with Crippen molar-refractivity contribution in [3.8, 4) is 0 Å². The maximum absolute atomic E-state index is 4.71. The molecule has 1 aliphatic rings. The molecule has 0 saturated heterocycles. The molecule has 106 valence electrons.